The van der Waals surface area contributed by atoms with E-state index in [0.29, 0.717) is 36.4 Å². The van der Waals surface area contributed by atoms with Crippen molar-refractivity contribution in [3.05, 3.63) is 87.9 Å². The number of hydrogen-bond acceptors (Lipinski definition) is 8. The Morgan fingerprint density at radius 2 is 1.95 bits per heavy atom. The summed E-state index contributed by atoms with van der Waals surface area (Å²) in [5.74, 6) is -2.09. The number of benzene rings is 1. The van der Waals surface area contributed by atoms with Gasteiger partial charge in [-0.2, -0.15) is 10.2 Å². The van der Waals surface area contributed by atoms with Crippen LogP contribution in [0, 0.1) is 24.1 Å². The number of carboxylic acid groups (broad SMARTS) is 1. The Kier molecular flexibility index (Phi) is 7.97. The number of pyridine rings is 2. The number of carbonyl (C=O) groups excluding carboxylic acids is 1. The number of carbonyl (C=O) groups is 2. The van der Waals surface area contributed by atoms with Crippen molar-refractivity contribution in [2.45, 2.75) is 39.7 Å². The van der Waals surface area contributed by atoms with Gasteiger partial charge in [0.25, 0.3) is 0 Å². The summed E-state index contributed by atoms with van der Waals surface area (Å²) in [5.41, 5.74) is 0.699. The van der Waals surface area contributed by atoms with Gasteiger partial charge in [0.05, 0.1) is 33.6 Å². The van der Waals surface area contributed by atoms with Gasteiger partial charge in [-0.3, -0.25) is 9.78 Å². The smallest absolute Gasteiger partial charge is 0.355 e. The molecule has 1 aliphatic rings. The molecule has 0 aliphatic carbocycles. The Bertz CT molecular complexity index is 1950. The van der Waals surface area contributed by atoms with Gasteiger partial charge in [-0.05, 0) is 61.7 Å². The number of aromatic carboxylic acids is 1. The fourth-order valence-electron chi connectivity index (χ4n) is 5.57. The van der Waals surface area contributed by atoms with Gasteiger partial charge in [0.15, 0.2) is 5.65 Å². The lowest BCUT2D eigenvalue weighted by molar-refractivity contribution is -0.126. The highest BCUT2D eigenvalue weighted by Crippen LogP contribution is 2.34. The summed E-state index contributed by atoms with van der Waals surface area (Å²) in [6.07, 6.45) is 2.90. The van der Waals surface area contributed by atoms with E-state index in [2.05, 4.69) is 22.6 Å². The number of carboxylic acids is 1. The van der Waals surface area contributed by atoms with Crippen LogP contribution in [0.1, 0.15) is 53.9 Å². The average molecular weight is 596 g/mol. The van der Waals surface area contributed by atoms with Crippen molar-refractivity contribution in [1.29, 1.82) is 5.26 Å². The molecule has 1 saturated heterocycles. The van der Waals surface area contributed by atoms with Crippen molar-refractivity contribution < 1.29 is 19.1 Å². The minimum absolute atomic E-state index is 0.0349. The molecule has 0 spiro atoms. The number of fused-ring (bicyclic) bond motifs is 1. The third-order valence-electron chi connectivity index (χ3n) is 7.75. The number of aryl methyl sites for hydroxylation is 1. The first-order valence-corrected chi connectivity index (χ1v) is 14.0. The molecule has 1 N–H and O–H groups in total. The summed E-state index contributed by atoms with van der Waals surface area (Å²) >= 11 is 0. The van der Waals surface area contributed by atoms with Gasteiger partial charge in [-0.25, -0.2) is 23.5 Å². The molecule has 1 aromatic carbocycles. The lowest BCUT2D eigenvalue weighted by atomic mass is 10.0. The summed E-state index contributed by atoms with van der Waals surface area (Å²) in [6.45, 7) is 12.2. The van der Waals surface area contributed by atoms with Crippen LogP contribution < -0.4 is 10.6 Å². The topological polar surface area (TPSA) is 145 Å². The molecule has 0 radical (unpaired) electrons. The van der Waals surface area contributed by atoms with Crippen LogP contribution >= 0.6 is 0 Å². The first kappa shape index (κ1) is 30.0. The zero-order valence-corrected chi connectivity index (χ0v) is 24.7. The lowest BCUT2D eigenvalue weighted by Crippen LogP contribution is -2.54. The van der Waals surface area contributed by atoms with Crippen LogP contribution in [0.3, 0.4) is 0 Å². The molecule has 11 nitrogen and oxygen atoms in total. The largest absolute Gasteiger partial charge is 0.478 e. The number of halogens is 1. The molecule has 12 heteroatoms. The summed E-state index contributed by atoms with van der Waals surface area (Å²) in [5, 5.41) is 20.1. The summed E-state index contributed by atoms with van der Waals surface area (Å²) < 4.78 is 16.6. The third kappa shape index (κ3) is 5.17. The third-order valence-corrected chi connectivity index (χ3v) is 7.75. The number of aromatic nitrogens is 4. The van der Waals surface area contributed by atoms with Gasteiger partial charge in [-0.15, -0.1) is 0 Å². The van der Waals surface area contributed by atoms with Crippen LogP contribution in [0.2, 0.25) is 0 Å². The van der Waals surface area contributed by atoms with Crippen molar-refractivity contribution in [3.63, 3.8) is 0 Å². The van der Waals surface area contributed by atoms with Gasteiger partial charge in [0.2, 0.25) is 5.91 Å². The Morgan fingerprint density at radius 1 is 1.20 bits per heavy atom. The molecule has 4 heterocycles. The predicted octanol–water partition coefficient (Wildman–Crippen LogP) is 4.21. The first-order chi connectivity index (χ1) is 21.0. The van der Waals surface area contributed by atoms with E-state index < -0.39 is 17.5 Å². The number of rotatable bonds is 6. The van der Waals surface area contributed by atoms with Crippen LogP contribution in [-0.2, 0) is 4.79 Å². The van der Waals surface area contributed by atoms with E-state index in [1.165, 1.54) is 16.7 Å². The van der Waals surface area contributed by atoms with Crippen molar-refractivity contribution in [2.75, 3.05) is 24.5 Å². The van der Waals surface area contributed by atoms with Gasteiger partial charge >= 0.3 is 11.7 Å². The van der Waals surface area contributed by atoms with E-state index in [1.807, 2.05) is 32.6 Å². The van der Waals surface area contributed by atoms with Crippen molar-refractivity contribution in [2.24, 2.45) is 0 Å². The Morgan fingerprint density at radius 3 is 2.59 bits per heavy atom. The molecule has 224 valence electrons. The molecule has 0 bridgehead atoms. The minimum atomic E-state index is -1.27. The quantitative estimate of drug-likeness (QED) is 0.324. The monoisotopic (exact) mass is 595 g/mol. The van der Waals surface area contributed by atoms with Crippen molar-refractivity contribution >= 4 is 28.7 Å². The highest BCUT2D eigenvalue weighted by atomic mass is 19.1. The van der Waals surface area contributed by atoms with E-state index in [1.54, 1.807) is 17.2 Å². The number of nitriles is 1. The molecular weight excluding hydrogens is 565 g/mol. The lowest BCUT2D eigenvalue weighted by Gasteiger charge is -2.40. The van der Waals surface area contributed by atoms with E-state index in [-0.39, 0.29) is 51.7 Å². The van der Waals surface area contributed by atoms with Gasteiger partial charge in [0, 0.05) is 37.4 Å². The maximum absolute atomic E-state index is 15.2. The Balaban J connectivity index is 1.87. The molecule has 4 aromatic rings. The molecule has 1 unspecified atom stereocenters. The highest BCUT2D eigenvalue weighted by Gasteiger charge is 2.31. The van der Waals surface area contributed by atoms with E-state index >= 15 is 4.39 Å². The highest BCUT2D eigenvalue weighted by molar-refractivity contribution is 5.94. The summed E-state index contributed by atoms with van der Waals surface area (Å²) in [6, 6.07) is 8.29. The molecule has 5 rings (SSSR count). The predicted molar refractivity (Wildman–Crippen MR) is 162 cm³/mol. The zero-order chi connectivity index (χ0) is 31.9. The Labute approximate surface area is 252 Å². The normalized spacial score (nSPS) is 15.0. The van der Waals surface area contributed by atoms with Crippen LogP contribution in [0.4, 0.5) is 10.2 Å². The molecule has 0 saturated carbocycles. The molecule has 1 aliphatic heterocycles. The van der Waals surface area contributed by atoms with Gasteiger partial charge in [0.1, 0.15) is 17.7 Å². The number of piperazine rings is 1. The fraction of sp³-hybridized carbons (Fsp3) is 0.281. The van der Waals surface area contributed by atoms with Crippen molar-refractivity contribution in [3.8, 4) is 23.0 Å². The molecular formula is C32H30FN7O4. The first-order valence-electron chi connectivity index (χ1n) is 14.0. The number of hydrogen-bond donors (Lipinski definition) is 1. The van der Waals surface area contributed by atoms with E-state index in [4.69, 9.17) is 4.98 Å². The fourth-order valence-corrected chi connectivity index (χ4v) is 5.57. The van der Waals surface area contributed by atoms with Gasteiger partial charge < -0.3 is 14.9 Å². The maximum atomic E-state index is 15.2. The standard InChI is InChI=1S/C32H30FN7O4/c1-6-25(41)38-11-12-39(19(5)16-38)29-23-14-21(15-34)27(22-13-20(31(42)43)7-8-24(22)33)36-30(23)40(32(44)37-29)28-18(4)9-10-35-26(28)17(2)3/h6-10,13-14,17,19H,1,11-12,16H2,2-5H3,(H,42,43). The Hall–Kier alpha value is -5.44. The van der Waals surface area contributed by atoms with Crippen LogP contribution in [0.15, 0.2) is 54.0 Å². The molecule has 3 aromatic heterocycles. The second-order valence-corrected chi connectivity index (χ2v) is 11.0. The average Bonchev–Trinajstić information content (AvgIpc) is 3.00. The van der Waals surface area contributed by atoms with Crippen LogP contribution in [0.25, 0.3) is 28.0 Å². The van der Waals surface area contributed by atoms with Gasteiger partial charge in [-0.1, -0.05) is 20.4 Å². The minimum Gasteiger partial charge on any atom is -0.478 e. The zero-order valence-electron chi connectivity index (χ0n) is 24.7. The van der Waals surface area contributed by atoms with E-state index in [9.17, 15) is 24.8 Å². The molecule has 1 amide bonds. The molecule has 44 heavy (non-hydrogen) atoms. The maximum Gasteiger partial charge on any atom is 0.355 e. The number of anilines is 1. The summed E-state index contributed by atoms with van der Waals surface area (Å²) in [7, 11) is 0. The van der Waals surface area contributed by atoms with E-state index in [0.717, 1.165) is 23.8 Å². The van der Waals surface area contributed by atoms with Crippen LogP contribution in [0.5, 0.6) is 0 Å². The molecule has 1 atom stereocenters. The number of amides is 1. The SMILES string of the molecule is C=CC(=O)N1CCN(c2nc(=O)n(-c3c(C)ccnc3C(C)C)c3nc(-c4cc(C(=O)O)ccc4F)c(C#N)cc23)C(C)C1. The number of nitrogens with zero attached hydrogens (tertiary/aromatic N) is 7. The molecule has 1 fully saturated rings. The second kappa shape index (κ2) is 11.7. The summed E-state index contributed by atoms with van der Waals surface area (Å²) in [4.78, 5) is 55.3. The van der Waals surface area contributed by atoms with Crippen LogP contribution in [-0.4, -0.2) is 67.1 Å². The second-order valence-electron chi connectivity index (χ2n) is 11.0. The van der Waals surface area contributed by atoms with Crippen molar-refractivity contribution in [1.82, 2.24) is 24.4 Å².